The third kappa shape index (κ3) is 7.33. The van der Waals surface area contributed by atoms with Crippen LogP contribution in [0.2, 0.25) is 5.02 Å². The van der Waals surface area contributed by atoms with Crippen LogP contribution in [0.5, 0.6) is 0 Å². The summed E-state index contributed by atoms with van der Waals surface area (Å²) in [5.41, 5.74) is 1.71. The Hall–Kier alpha value is -1.89. The summed E-state index contributed by atoms with van der Waals surface area (Å²) >= 11 is 9.40. The van der Waals surface area contributed by atoms with E-state index in [9.17, 15) is 9.59 Å². The molecule has 0 bridgehead atoms. The van der Waals surface area contributed by atoms with E-state index in [0.717, 1.165) is 10.0 Å². The van der Waals surface area contributed by atoms with Crippen LogP contribution in [0.1, 0.15) is 19.4 Å². The molecule has 0 spiro atoms. The van der Waals surface area contributed by atoms with E-state index in [4.69, 9.17) is 11.6 Å². The highest BCUT2D eigenvalue weighted by Crippen LogP contribution is 2.20. The van der Waals surface area contributed by atoms with Crippen molar-refractivity contribution in [1.29, 1.82) is 0 Å². The van der Waals surface area contributed by atoms with Crippen molar-refractivity contribution in [1.82, 2.24) is 10.2 Å². The monoisotopic (exact) mass is 451 g/mol. The Balaban J connectivity index is 1.85. The molecule has 0 aliphatic carbocycles. The number of hydrogen-bond acceptors (Lipinski definition) is 3. The number of hydrogen-bond donors (Lipinski definition) is 2. The molecule has 0 fully saturated rings. The van der Waals surface area contributed by atoms with E-state index in [2.05, 4.69) is 26.6 Å². The van der Waals surface area contributed by atoms with Gasteiger partial charge in [0.05, 0.1) is 18.8 Å². The highest BCUT2D eigenvalue weighted by Gasteiger charge is 2.15. The molecule has 0 aliphatic rings. The average Bonchev–Trinajstić information content (AvgIpc) is 2.61. The Morgan fingerprint density at radius 1 is 1.11 bits per heavy atom. The fourth-order valence-corrected chi connectivity index (χ4v) is 3.06. The molecule has 7 heteroatoms. The number of rotatable bonds is 8. The third-order valence-corrected chi connectivity index (χ3v) is 4.87. The molecule has 0 aliphatic heterocycles. The fourth-order valence-electron chi connectivity index (χ4n) is 2.47. The summed E-state index contributed by atoms with van der Waals surface area (Å²) in [7, 11) is 0. The zero-order valence-corrected chi connectivity index (χ0v) is 17.7. The van der Waals surface area contributed by atoms with Gasteiger partial charge in [0.1, 0.15) is 0 Å². The summed E-state index contributed by atoms with van der Waals surface area (Å²) in [6, 6.07) is 15.1. The number of nitrogens with zero attached hydrogens (tertiary/aromatic N) is 1. The van der Waals surface area contributed by atoms with Gasteiger partial charge in [-0.25, -0.2) is 0 Å². The Morgan fingerprint density at radius 2 is 1.85 bits per heavy atom. The number of para-hydroxylation sites is 1. The van der Waals surface area contributed by atoms with Crippen LogP contribution in [-0.2, 0) is 16.1 Å². The minimum absolute atomic E-state index is 0.0801. The summed E-state index contributed by atoms with van der Waals surface area (Å²) in [6.07, 6.45) is 0. The van der Waals surface area contributed by atoms with Crippen molar-refractivity contribution in [3.8, 4) is 0 Å². The molecule has 144 valence electrons. The lowest BCUT2D eigenvalue weighted by Gasteiger charge is -2.26. The number of carbonyl (C=O) groups excluding carboxylic acids is 2. The minimum Gasteiger partial charge on any atom is -0.346 e. The number of benzene rings is 2. The van der Waals surface area contributed by atoms with Crippen molar-refractivity contribution in [2.45, 2.75) is 26.4 Å². The van der Waals surface area contributed by atoms with Gasteiger partial charge in [0, 0.05) is 22.1 Å². The molecule has 0 saturated carbocycles. The summed E-state index contributed by atoms with van der Waals surface area (Å²) in [4.78, 5) is 26.3. The molecule has 0 radical (unpaired) electrons. The van der Waals surface area contributed by atoms with Gasteiger partial charge >= 0.3 is 0 Å². The lowest BCUT2D eigenvalue weighted by molar-refractivity contribution is -0.125. The van der Waals surface area contributed by atoms with E-state index < -0.39 is 0 Å². The first-order valence-corrected chi connectivity index (χ1v) is 9.82. The quantitative estimate of drug-likeness (QED) is 0.635. The zero-order valence-electron chi connectivity index (χ0n) is 15.3. The lowest BCUT2D eigenvalue weighted by Crippen LogP contribution is -2.42. The first-order valence-electron chi connectivity index (χ1n) is 8.64. The van der Waals surface area contributed by atoms with E-state index in [-0.39, 0.29) is 30.9 Å². The van der Waals surface area contributed by atoms with Crippen molar-refractivity contribution in [2.24, 2.45) is 0 Å². The van der Waals surface area contributed by atoms with Crippen LogP contribution in [0, 0.1) is 0 Å². The number of carbonyl (C=O) groups is 2. The van der Waals surface area contributed by atoms with Gasteiger partial charge in [-0.05, 0) is 59.6 Å². The molecule has 2 aromatic carbocycles. The van der Waals surface area contributed by atoms with Crippen LogP contribution in [0.25, 0.3) is 0 Å². The SMILES string of the molecule is CC(C)N(CC(=O)NCC(=O)Nc1ccccc1Br)Cc1cccc(Cl)c1. The molecule has 0 heterocycles. The summed E-state index contributed by atoms with van der Waals surface area (Å²) in [5.74, 6) is -0.478. The molecular formula is C20H23BrClN3O2. The molecule has 5 nitrogen and oxygen atoms in total. The largest absolute Gasteiger partial charge is 0.346 e. The van der Waals surface area contributed by atoms with Gasteiger partial charge in [-0.1, -0.05) is 35.9 Å². The van der Waals surface area contributed by atoms with Crippen LogP contribution < -0.4 is 10.6 Å². The maximum Gasteiger partial charge on any atom is 0.243 e. The minimum atomic E-state index is -0.277. The molecule has 0 aromatic heterocycles. The second-order valence-electron chi connectivity index (χ2n) is 6.43. The van der Waals surface area contributed by atoms with Crippen molar-refractivity contribution < 1.29 is 9.59 Å². The number of anilines is 1. The molecule has 2 rings (SSSR count). The fraction of sp³-hybridized carbons (Fsp3) is 0.300. The maximum absolute atomic E-state index is 12.3. The Labute approximate surface area is 173 Å². The van der Waals surface area contributed by atoms with E-state index >= 15 is 0 Å². The molecule has 2 amide bonds. The molecule has 0 atom stereocenters. The van der Waals surface area contributed by atoms with E-state index in [1.54, 1.807) is 6.07 Å². The number of nitrogens with one attached hydrogen (secondary N) is 2. The van der Waals surface area contributed by atoms with Crippen molar-refractivity contribution in [2.75, 3.05) is 18.4 Å². The van der Waals surface area contributed by atoms with Crippen molar-refractivity contribution in [3.63, 3.8) is 0 Å². The standard InChI is InChI=1S/C20H23BrClN3O2/c1-14(2)25(12-15-6-5-7-16(22)10-15)13-20(27)23-11-19(26)24-18-9-4-3-8-17(18)21/h3-10,14H,11-13H2,1-2H3,(H,23,27)(H,24,26). The Kier molecular flexibility index (Phi) is 8.28. The van der Waals surface area contributed by atoms with Gasteiger partial charge in [0.2, 0.25) is 11.8 Å². The topological polar surface area (TPSA) is 61.4 Å². The van der Waals surface area contributed by atoms with Crippen molar-refractivity contribution in [3.05, 3.63) is 63.6 Å². The molecule has 0 saturated heterocycles. The maximum atomic E-state index is 12.3. The molecular weight excluding hydrogens is 430 g/mol. The zero-order chi connectivity index (χ0) is 19.8. The van der Waals surface area contributed by atoms with Gasteiger partial charge in [-0.2, -0.15) is 0 Å². The average molecular weight is 453 g/mol. The van der Waals surface area contributed by atoms with E-state index in [1.165, 1.54) is 0 Å². The molecule has 2 aromatic rings. The van der Waals surface area contributed by atoms with Gasteiger partial charge in [-0.3, -0.25) is 14.5 Å². The van der Waals surface area contributed by atoms with Crippen molar-refractivity contribution >= 4 is 45.0 Å². The predicted octanol–water partition coefficient (Wildman–Crippen LogP) is 4.07. The molecule has 27 heavy (non-hydrogen) atoms. The number of halogens is 2. The first kappa shape index (κ1) is 21.4. The van der Waals surface area contributed by atoms with Crippen LogP contribution in [0.15, 0.2) is 53.0 Å². The predicted molar refractivity (Wildman–Crippen MR) is 113 cm³/mol. The van der Waals surface area contributed by atoms with Gasteiger partial charge in [0.25, 0.3) is 0 Å². The van der Waals surface area contributed by atoms with E-state index in [1.807, 2.05) is 61.2 Å². The Bertz CT molecular complexity index is 798. The second kappa shape index (κ2) is 10.4. The third-order valence-electron chi connectivity index (χ3n) is 3.95. The van der Waals surface area contributed by atoms with Gasteiger partial charge < -0.3 is 10.6 Å². The highest BCUT2D eigenvalue weighted by molar-refractivity contribution is 9.10. The van der Waals surface area contributed by atoms with Crippen LogP contribution in [-0.4, -0.2) is 35.8 Å². The van der Waals surface area contributed by atoms with Gasteiger partial charge in [-0.15, -0.1) is 0 Å². The summed E-state index contributed by atoms with van der Waals surface area (Å²) in [5, 5.41) is 6.10. The van der Waals surface area contributed by atoms with E-state index in [0.29, 0.717) is 17.3 Å². The van der Waals surface area contributed by atoms with Crippen LogP contribution in [0.4, 0.5) is 5.69 Å². The second-order valence-corrected chi connectivity index (χ2v) is 7.72. The lowest BCUT2D eigenvalue weighted by atomic mass is 10.2. The highest BCUT2D eigenvalue weighted by atomic mass is 79.9. The summed E-state index contributed by atoms with van der Waals surface area (Å²) < 4.78 is 0.789. The van der Waals surface area contributed by atoms with Crippen LogP contribution in [0.3, 0.4) is 0 Å². The first-order chi connectivity index (χ1) is 12.8. The Morgan fingerprint density at radius 3 is 2.52 bits per heavy atom. The van der Waals surface area contributed by atoms with Crippen LogP contribution >= 0.6 is 27.5 Å². The number of amides is 2. The molecule has 0 unspecified atom stereocenters. The normalized spacial score (nSPS) is 10.9. The smallest absolute Gasteiger partial charge is 0.243 e. The van der Waals surface area contributed by atoms with Gasteiger partial charge in [0.15, 0.2) is 0 Å². The molecule has 2 N–H and O–H groups in total. The summed E-state index contributed by atoms with van der Waals surface area (Å²) in [6.45, 7) is 4.78.